The molecule has 26 heavy (non-hydrogen) atoms. The van der Waals surface area contributed by atoms with Crippen molar-refractivity contribution in [3.05, 3.63) is 70.8 Å². The van der Waals surface area contributed by atoms with Gasteiger partial charge < -0.3 is 0 Å². The van der Waals surface area contributed by atoms with Crippen molar-refractivity contribution in [3.63, 3.8) is 0 Å². The summed E-state index contributed by atoms with van der Waals surface area (Å²) < 4.78 is 0. The first kappa shape index (κ1) is 18.8. The zero-order valence-corrected chi connectivity index (χ0v) is 16.4. The van der Waals surface area contributed by atoms with Gasteiger partial charge in [-0.3, -0.25) is 10.3 Å². The summed E-state index contributed by atoms with van der Waals surface area (Å²) in [7, 11) is 0. The molecule has 0 fully saturated rings. The fourth-order valence-corrected chi connectivity index (χ4v) is 4.05. The van der Waals surface area contributed by atoms with Gasteiger partial charge in [0.15, 0.2) is 0 Å². The van der Waals surface area contributed by atoms with Gasteiger partial charge in [-0.05, 0) is 50.8 Å². The zero-order chi connectivity index (χ0) is 18.4. The van der Waals surface area contributed by atoms with Gasteiger partial charge >= 0.3 is 0 Å². The molecule has 3 unspecified atom stereocenters. The third kappa shape index (κ3) is 4.42. The molecule has 2 heteroatoms. The highest BCUT2D eigenvalue weighted by atomic mass is 15.0. The van der Waals surface area contributed by atoms with Crippen LogP contribution in [0.15, 0.2) is 70.3 Å². The number of fused-ring (bicyclic) bond motifs is 1. The number of hydrogen-bond acceptors (Lipinski definition) is 2. The molecule has 3 atom stereocenters. The van der Waals surface area contributed by atoms with Crippen molar-refractivity contribution in [2.45, 2.75) is 58.5 Å². The third-order valence-corrected chi connectivity index (χ3v) is 5.68. The lowest BCUT2D eigenvalue weighted by atomic mass is 9.68. The van der Waals surface area contributed by atoms with E-state index in [1.165, 1.54) is 29.6 Å². The van der Waals surface area contributed by atoms with E-state index >= 15 is 0 Å². The molecule has 0 aliphatic heterocycles. The number of aliphatic imine (C=N–C) groups is 1. The van der Waals surface area contributed by atoms with E-state index in [0.717, 1.165) is 19.4 Å². The van der Waals surface area contributed by atoms with Crippen LogP contribution in [-0.2, 0) is 0 Å². The van der Waals surface area contributed by atoms with Crippen molar-refractivity contribution in [3.8, 4) is 0 Å². The van der Waals surface area contributed by atoms with Crippen LogP contribution in [0, 0.1) is 5.92 Å². The van der Waals surface area contributed by atoms with Crippen molar-refractivity contribution in [1.82, 2.24) is 5.32 Å². The molecule has 0 spiro atoms. The predicted octanol–water partition coefficient (Wildman–Crippen LogP) is 5.80. The van der Waals surface area contributed by atoms with E-state index in [1.807, 2.05) is 0 Å². The number of unbranched alkanes of at least 4 members (excludes halogenated alkanes) is 1. The normalized spacial score (nSPS) is 23.9. The van der Waals surface area contributed by atoms with Crippen LogP contribution in [0.25, 0.3) is 0 Å². The van der Waals surface area contributed by atoms with Gasteiger partial charge in [-0.25, -0.2) is 0 Å². The van der Waals surface area contributed by atoms with Crippen molar-refractivity contribution < 1.29 is 0 Å². The van der Waals surface area contributed by atoms with Crippen molar-refractivity contribution in [2.24, 2.45) is 10.9 Å². The fraction of sp³-hybridized carbons (Fsp3) is 0.458. The Morgan fingerprint density at radius 2 is 2.04 bits per heavy atom. The zero-order valence-electron chi connectivity index (χ0n) is 16.4. The largest absolute Gasteiger partial charge is 0.296 e. The van der Waals surface area contributed by atoms with Gasteiger partial charge in [-0.15, -0.1) is 0 Å². The van der Waals surface area contributed by atoms with Crippen LogP contribution < -0.4 is 5.32 Å². The molecule has 138 valence electrons. The molecule has 0 bridgehead atoms. The quantitative estimate of drug-likeness (QED) is 0.489. The minimum atomic E-state index is 0.181. The minimum Gasteiger partial charge on any atom is -0.296 e. The van der Waals surface area contributed by atoms with Gasteiger partial charge in [0.2, 0.25) is 0 Å². The molecule has 0 heterocycles. The van der Waals surface area contributed by atoms with Crippen LogP contribution in [0.4, 0.5) is 0 Å². The van der Waals surface area contributed by atoms with E-state index < -0.39 is 0 Å². The maximum Gasteiger partial charge on any atom is 0.0965 e. The number of allylic oxidation sites excluding steroid dienone is 6. The molecular weight excluding hydrogens is 316 g/mol. The monoisotopic (exact) mass is 348 g/mol. The summed E-state index contributed by atoms with van der Waals surface area (Å²) in [5, 5.41) is 3.49. The van der Waals surface area contributed by atoms with Gasteiger partial charge in [-0.1, -0.05) is 73.1 Å². The highest BCUT2D eigenvalue weighted by Crippen LogP contribution is 2.46. The van der Waals surface area contributed by atoms with Crippen LogP contribution in [0.2, 0.25) is 0 Å². The van der Waals surface area contributed by atoms with Crippen LogP contribution in [0.1, 0.15) is 57.9 Å². The van der Waals surface area contributed by atoms with Crippen LogP contribution >= 0.6 is 0 Å². The fourth-order valence-electron chi connectivity index (χ4n) is 4.05. The minimum absolute atomic E-state index is 0.181. The number of benzene rings is 1. The third-order valence-electron chi connectivity index (χ3n) is 5.68. The molecule has 0 radical (unpaired) electrons. The second kappa shape index (κ2) is 9.14. The Labute approximate surface area is 158 Å². The van der Waals surface area contributed by atoms with Crippen LogP contribution in [0.5, 0.6) is 0 Å². The lowest BCUT2D eigenvalue weighted by Crippen LogP contribution is -2.26. The summed E-state index contributed by atoms with van der Waals surface area (Å²) in [5.41, 5.74) is 5.91. The maximum absolute atomic E-state index is 4.80. The van der Waals surface area contributed by atoms with E-state index in [4.69, 9.17) is 4.99 Å². The maximum atomic E-state index is 4.80. The Morgan fingerprint density at radius 3 is 2.81 bits per heavy atom. The molecule has 0 saturated carbocycles. The van der Waals surface area contributed by atoms with Gasteiger partial charge in [0.1, 0.15) is 0 Å². The Balaban J connectivity index is 1.81. The predicted molar refractivity (Wildman–Crippen MR) is 113 cm³/mol. The number of nitrogens with one attached hydrogen (secondary N) is 1. The topological polar surface area (TPSA) is 24.4 Å². The summed E-state index contributed by atoms with van der Waals surface area (Å²) in [5.74, 6) is 1.00. The molecule has 2 aliphatic carbocycles. The lowest BCUT2D eigenvalue weighted by molar-refractivity contribution is 0.550. The molecule has 0 aromatic heterocycles. The highest BCUT2D eigenvalue weighted by Gasteiger charge is 2.32. The summed E-state index contributed by atoms with van der Waals surface area (Å²) >= 11 is 0. The number of nitrogens with zero attached hydrogens (tertiary/aromatic N) is 1. The molecule has 3 rings (SSSR count). The van der Waals surface area contributed by atoms with Crippen molar-refractivity contribution in [2.75, 3.05) is 6.54 Å². The highest BCUT2D eigenvalue weighted by molar-refractivity contribution is 5.81. The van der Waals surface area contributed by atoms with E-state index in [1.54, 1.807) is 5.57 Å². The van der Waals surface area contributed by atoms with Crippen molar-refractivity contribution >= 4 is 6.21 Å². The Bertz CT molecular complexity index is 709. The molecule has 0 amide bonds. The summed E-state index contributed by atoms with van der Waals surface area (Å²) in [6.07, 6.45) is 13.8. The first-order chi connectivity index (χ1) is 12.7. The Kier molecular flexibility index (Phi) is 6.62. The summed E-state index contributed by atoms with van der Waals surface area (Å²) in [6, 6.07) is 11.0. The molecule has 1 aromatic carbocycles. The standard InChI is InChI=1S/C24H32N2/c1-4-5-15-25-19(3)26-17-21-16-24(20-11-7-6-8-12-20)23-14-10-9-13-22(23)18(21)2/h6-12,14,17,19,22,24-25H,4-5,13,15-16H2,1-3H3. The Morgan fingerprint density at radius 1 is 1.23 bits per heavy atom. The second-order valence-electron chi connectivity index (χ2n) is 7.52. The number of rotatable bonds is 7. The lowest BCUT2D eigenvalue weighted by Gasteiger charge is -2.36. The molecule has 1 N–H and O–H groups in total. The first-order valence-electron chi connectivity index (χ1n) is 10.1. The van der Waals surface area contributed by atoms with E-state index in [2.05, 4.69) is 80.9 Å². The molecule has 0 saturated heterocycles. The molecule has 1 aromatic rings. The smallest absolute Gasteiger partial charge is 0.0965 e. The first-order valence-corrected chi connectivity index (χ1v) is 10.1. The summed E-state index contributed by atoms with van der Waals surface area (Å²) in [4.78, 5) is 4.80. The van der Waals surface area contributed by atoms with Gasteiger partial charge in [0.25, 0.3) is 0 Å². The average molecular weight is 349 g/mol. The SMILES string of the molecule is CCCCNC(C)N=CC1=C(C)C2CC=CC=C2C(c2ccccc2)C1. The van der Waals surface area contributed by atoms with E-state index in [9.17, 15) is 0 Å². The van der Waals surface area contributed by atoms with Crippen molar-refractivity contribution in [1.29, 1.82) is 0 Å². The van der Waals surface area contributed by atoms with Gasteiger partial charge in [0, 0.05) is 18.1 Å². The molecule has 2 aliphatic rings. The van der Waals surface area contributed by atoms with Gasteiger partial charge in [0.05, 0.1) is 6.17 Å². The Hall–Kier alpha value is -1.93. The second-order valence-corrected chi connectivity index (χ2v) is 7.52. The average Bonchev–Trinajstić information content (AvgIpc) is 2.68. The van der Waals surface area contributed by atoms with Gasteiger partial charge in [-0.2, -0.15) is 0 Å². The van der Waals surface area contributed by atoms with E-state index in [0.29, 0.717) is 11.8 Å². The summed E-state index contributed by atoms with van der Waals surface area (Å²) in [6.45, 7) is 7.71. The molecule has 2 nitrogen and oxygen atoms in total. The van der Waals surface area contributed by atoms with E-state index in [-0.39, 0.29) is 6.17 Å². The number of hydrogen-bond donors (Lipinski definition) is 1. The van der Waals surface area contributed by atoms with Crippen LogP contribution in [0.3, 0.4) is 0 Å². The van der Waals surface area contributed by atoms with Crippen LogP contribution in [-0.4, -0.2) is 18.9 Å². The molecular formula is C24H32N2.